The molecule has 0 spiro atoms. The van der Waals surface area contributed by atoms with Gasteiger partial charge < -0.3 is 10.8 Å². The van der Waals surface area contributed by atoms with Crippen LogP contribution in [0.5, 0.6) is 5.75 Å². The van der Waals surface area contributed by atoms with Crippen molar-refractivity contribution in [2.75, 3.05) is 0 Å². The van der Waals surface area contributed by atoms with E-state index in [0.29, 0.717) is 10.6 Å². The highest BCUT2D eigenvalue weighted by Crippen LogP contribution is 2.34. The Kier molecular flexibility index (Phi) is 6.26. The van der Waals surface area contributed by atoms with Crippen molar-refractivity contribution in [3.05, 3.63) is 28.3 Å². The van der Waals surface area contributed by atoms with Gasteiger partial charge in [-0.3, -0.25) is 0 Å². The van der Waals surface area contributed by atoms with Crippen molar-refractivity contribution in [3.63, 3.8) is 0 Å². The molecule has 0 fully saturated rings. The molecule has 3 N–H and O–H groups in total. The molecule has 1 rings (SSSR count). The van der Waals surface area contributed by atoms with Gasteiger partial charge in [0.15, 0.2) is 0 Å². The smallest absolute Gasteiger partial charge is 0.389 e. The molecule has 0 saturated carbocycles. The zero-order valence-corrected chi connectivity index (χ0v) is 11.2. The van der Waals surface area contributed by atoms with Crippen LogP contribution in [-0.4, -0.2) is 11.3 Å². The highest BCUT2D eigenvalue weighted by atomic mass is 35.5. The van der Waals surface area contributed by atoms with Crippen LogP contribution in [-0.2, 0) is 0 Å². The molecule has 18 heavy (non-hydrogen) atoms. The van der Waals surface area contributed by atoms with E-state index in [1.54, 1.807) is 6.92 Å². The summed E-state index contributed by atoms with van der Waals surface area (Å²) in [7, 11) is 0. The number of hydrogen-bond donors (Lipinski definition) is 2. The van der Waals surface area contributed by atoms with E-state index in [4.69, 9.17) is 17.3 Å². The molecule has 104 valence electrons. The van der Waals surface area contributed by atoms with Crippen LogP contribution in [0.2, 0.25) is 5.02 Å². The maximum absolute atomic E-state index is 12.0. The molecule has 7 heteroatoms. The molecule has 0 aliphatic rings. The molecule has 2 nitrogen and oxygen atoms in total. The molecule has 0 saturated heterocycles. The first-order chi connectivity index (χ1) is 7.70. The van der Waals surface area contributed by atoms with Gasteiger partial charge in [-0.2, -0.15) is 13.2 Å². The topological polar surface area (TPSA) is 46.2 Å². The van der Waals surface area contributed by atoms with Gasteiger partial charge in [-0.05, 0) is 31.0 Å². The van der Waals surface area contributed by atoms with Gasteiger partial charge in [-0.1, -0.05) is 11.6 Å². The molecule has 1 atom stereocenters. The van der Waals surface area contributed by atoms with Crippen LogP contribution in [0, 0.1) is 6.92 Å². The monoisotopic (exact) mass is 303 g/mol. The third-order valence-corrected chi connectivity index (χ3v) is 2.65. The number of phenolic OH excluding ortho intramolecular Hbond substituents is 1. The average molecular weight is 304 g/mol. The quantitative estimate of drug-likeness (QED) is 0.882. The van der Waals surface area contributed by atoms with Gasteiger partial charge in [0.1, 0.15) is 5.75 Å². The second-order valence-corrected chi connectivity index (χ2v) is 4.36. The highest BCUT2D eigenvalue weighted by Gasteiger charge is 2.28. The fourth-order valence-electron chi connectivity index (χ4n) is 1.52. The van der Waals surface area contributed by atoms with E-state index in [-0.39, 0.29) is 30.1 Å². The Morgan fingerprint density at radius 1 is 1.39 bits per heavy atom. The first-order valence-electron chi connectivity index (χ1n) is 5.02. The molecule has 0 aromatic heterocycles. The van der Waals surface area contributed by atoms with Crippen LogP contribution in [0.25, 0.3) is 0 Å². The van der Waals surface area contributed by atoms with Crippen LogP contribution in [0.1, 0.15) is 30.0 Å². The van der Waals surface area contributed by atoms with Crippen molar-refractivity contribution in [2.24, 2.45) is 5.73 Å². The number of nitrogens with two attached hydrogens (primary N) is 1. The third kappa shape index (κ3) is 4.92. The van der Waals surface area contributed by atoms with Gasteiger partial charge in [0.25, 0.3) is 0 Å². The van der Waals surface area contributed by atoms with Gasteiger partial charge in [0, 0.05) is 23.0 Å². The molecule has 0 aliphatic heterocycles. The Bertz CT molecular complexity index is 410. The predicted octanol–water partition coefficient (Wildman–Crippen LogP) is 4.12. The van der Waals surface area contributed by atoms with Gasteiger partial charge in [0.2, 0.25) is 0 Å². The Labute approximate surface area is 114 Å². The van der Waals surface area contributed by atoms with Gasteiger partial charge in [-0.25, -0.2) is 0 Å². The van der Waals surface area contributed by atoms with Gasteiger partial charge >= 0.3 is 6.18 Å². The molecule has 0 unspecified atom stereocenters. The largest absolute Gasteiger partial charge is 0.507 e. The number of alkyl halides is 3. The van der Waals surface area contributed by atoms with E-state index >= 15 is 0 Å². The van der Waals surface area contributed by atoms with Crippen molar-refractivity contribution >= 4 is 24.0 Å². The molecule has 0 radical (unpaired) electrons. The van der Waals surface area contributed by atoms with E-state index in [9.17, 15) is 18.3 Å². The predicted molar refractivity (Wildman–Crippen MR) is 67.3 cm³/mol. The second-order valence-electron chi connectivity index (χ2n) is 3.92. The lowest BCUT2D eigenvalue weighted by molar-refractivity contribution is -0.136. The molecule has 1 aromatic rings. The zero-order valence-electron chi connectivity index (χ0n) is 9.59. The minimum Gasteiger partial charge on any atom is -0.507 e. The minimum atomic E-state index is -4.25. The van der Waals surface area contributed by atoms with E-state index in [0.717, 1.165) is 0 Å². The summed E-state index contributed by atoms with van der Waals surface area (Å²) in [6.45, 7) is 1.61. The molecular formula is C11H14Cl2F3NO. The number of aryl methyl sites for hydroxylation is 1. The Balaban J connectivity index is 0.00000289. The lowest BCUT2D eigenvalue weighted by Crippen LogP contribution is -2.16. The fraction of sp³-hybridized carbons (Fsp3) is 0.455. The lowest BCUT2D eigenvalue weighted by atomic mass is 9.99. The molecule has 0 amide bonds. The number of hydrogen-bond acceptors (Lipinski definition) is 2. The summed E-state index contributed by atoms with van der Waals surface area (Å²) in [5, 5.41) is 10.0. The highest BCUT2D eigenvalue weighted by molar-refractivity contribution is 6.30. The van der Waals surface area contributed by atoms with Crippen LogP contribution in [0.3, 0.4) is 0 Å². The number of rotatable bonds is 3. The molecule has 0 aliphatic carbocycles. The van der Waals surface area contributed by atoms with Crippen molar-refractivity contribution in [1.29, 1.82) is 0 Å². The summed E-state index contributed by atoms with van der Waals surface area (Å²) < 4.78 is 36.1. The van der Waals surface area contributed by atoms with E-state index in [1.165, 1.54) is 12.1 Å². The van der Waals surface area contributed by atoms with Crippen LogP contribution < -0.4 is 5.73 Å². The first-order valence-corrected chi connectivity index (χ1v) is 5.40. The number of benzene rings is 1. The molecule has 0 bridgehead atoms. The van der Waals surface area contributed by atoms with Crippen LogP contribution >= 0.6 is 24.0 Å². The summed E-state index contributed by atoms with van der Waals surface area (Å²) in [6.07, 6.45) is -5.52. The molecular weight excluding hydrogens is 290 g/mol. The van der Waals surface area contributed by atoms with E-state index in [2.05, 4.69) is 0 Å². The number of aromatic hydroxyl groups is 1. The Hall–Kier alpha value is -0.650. The number of halogens is 5. The minimum absolute atomic E-state index is 0. The normalized spacial score (nSPS) is 13.0. The first kappa shape index (κ1) is 17.4. The fourth-order valence-corrected chi connectivity index (χ4v) is 1.80. The van der Waals surface area contributed by atoms with Crippen LogP contribution in [0.4, 0.5) is 13.2 Å². The summed E-state index contributed by atoms with van der Waals surface area (Å²) in [5.74, 6) is -0.0934. The summed E-state index contributed by atoms with van der Waals surface area (Å²) in [5.41, 5.74) is 6.37. The van der Waals surface area contributed by atoms with Gasteiger partial charge in [0.05, 0.1) is 0 Å². The van der Waals surface area contributed by atoms with Crippen molar-refractivity contribution < 1.29 is 18.3 Å². The Morgan fingerprint density at radius 3 is 2.44 bits per heavy atom. The molecule has 1 aromatic carbocycles. The summed E-state index contributed by atoms with van der Waals surface area (Å²) >= 11 is 5.77. The number of phenols is 1. The van der Waals surface area contributed by atoms with Crippen molar-refractivity contribution in [2.45, 2.75) is 32.0 Å². The SMILES string of the molecule is Cc1cc(Cl)cc([C@H](N)CCC(F)(F)F)c1O.Cl. The third-order valence-electron chi connectivity index (χ3n) is 2.43. The Morgan fingerprint density at radius 2 is 1.94 bits per heavy atom. The standard InChI is InChI=1S/C11H13ClF3NO.ClH/c1-6-4-7(12)5-8(10(6)17)9(16)2-3-11(13,14)15;/h4-5,9,17H,2-3,16H2,1H3;1H/t9-;/m1./s1. The maximum Gasteiger partial charge on any atom is 0.389 e. The average Bonchev–Trinajstić information content (AvgIpc) is 2.19. The maximum atomic E-state index is 12.0. The van der Waals surface area contributed by atoms with E-state index < -0.39 is 18.6 Å². The second kappa shape index (κ2) is 6.50. The molecule has 0 heterocycles. The summed E-state index contributed by atoms with van der Waals surface area (Å²) in [4.78, 5) is 0. The zero-order chi connectivity index (χ0) is 13.2. The lowest BCUT2D eigenvalue weighted by Gasteiger charge is -2.16. The van der Waals surface area contributed by atoms with Crippen molar-refractivity contribution in [1.82, 2.24) is 0 Å². The van der Waals surface area contributed by atoms with Crippen molar-refractivity contribution in [3.8, 4) is 5.75 Å². The summed E-state index contributed by atoms with van der Waals surface area (Å²) in [6, 6.07) is 2.04. The van der Waals surface area contributed by atoms with E-state index in [1.807, 2.05) is 0 Å². The van der Waals surface area contributed by atoms with Gasteiger partial charge in [-0.15, -0.1) is 12.4 Å². The van der Waals surface area contributed by atoms with Crippen LogP contribution in [0.15, 0.2) is 12.1 Å².